The van der Waals surface area contributed by atoms with Gasteiger partial charge in [0.2, 0.25) is 0 Å². The van der Waals surface area contributed by atoms with Gasteiger partial charge in [-0.25, -0.2) is 0 Å². The molecule has 0 aliphatic carbocycles. The third-order valence-corrected chi connectivity index (χ3v) is 2.41. The van der Waals surface area contributed by atoms with Gasteiger partial charge < -0.3 is 14.8 Å². The van der Waals surface area contributed by atoms with Crippen LogP contribution >= 0.6 is 0 Å². The van der Waals surface area contributed by atoms with E-state index in [1.165, 1.54) is 5.56 Å². The Bertz CT molecular complexity index is 396. The van der Waals surface area contributed by atoms with Crippen LogP contribution in [0.25, 0.3) is 0 Å². The van der Waals surface area contributed by atoms with Gasteiger partial charge in [-0.3, -0.25) is 0 Å². The van der Waals surface area contributed by atoms with Crippen LogP contribution < -0.4 is 14.8 Å². The fraction of sp³-hybridized carbons (Fsp3) is 0.467. The standard InChI is InChI=1S/C15H21NO2/c1-4-6-7-10-18-14-9-8-13(12-16-3)11-15(14)17-5-2/h1,8-9,11,16H,5-7,10,12H2,2-3H3. The average Bonchev–Trinajstić information content (AvgIpc) is 2.37. The summed E-state index contributed by atoms with van der Waals surface area (Å²) < 4.78 is 11.3. The Morgan fingerprint density at radius 3 is 2.78 bits per heavy atom. The first kappa shape index (κ1) is 14.4. The minimum absolute atomic E-state index is 0.621. The smallest absolute Gasteiger partial charge is 0.161 e. The molecular formula is C15H21NO2. The van der Waals surface area contributed by atoms with E-state index in [9.17, 15) is 0 Å². The highest BCUT2D eigenvalue weighted by molar-refractivity contribution is 5.43. The normalized spacial score (nSPS) is 9.83. The Morgan fingerprint density at radius 1 is 1.28 bits per heavy atom. The number of ether oxygens (including phenoxy) is 2. The highest BCUT2D eigenvalue weighted by Gasteiger charge is 2.06. The van der Waals surface area contributed by atoms with E-state index in [4.69, 9.17) is 15.9 Å². The number of hydrogen-bond donors (Lipinski definition) is 1. The molecule has 1 aromatic rings. The summed E-state index contributed by atoms with van der Waals surface area (Å²) in [5.41, 5.74) is 1.18. The van der Waals surface area contributed by atoms with Crippen LogP contribution in [0, 0.1) is 12.3 Å². The van der Waals surface area contributed by atoms with Crippen LogP contribution in [0.1, 0.15) is 25.3 Å². The van der Waals surface area contributed by atoms with Gasteiger partial charge in [0, 0.05) is 13.0 Å². The highest BCUT2D eigenvalue weighted by atomic mass is 16.5. The Balaban J connectivity index is 2.67. The summed E-state index contributed by atoms with van der Waals surface area (Å²) in [6.07, 6.45) is 6.80. The van der Waals surface area contributed by atoms with Crippen molar-refractivity contribution >= 4 is 0 Å². The first-order chi connectivity index (χ1) is 8.81. The van der Waals surface area contributed by atoms with Crippen molar-refractivity contribution in [2.24, 2.45) is 0 Å². The quantitative estimate of drug-likeness (QED) is 0.566. The van der Waals surface area contributed by atoms with Crippen LogP contribution in [0.15, 0.2) is 18.2 Å². The Labute approximate surface area is 109 Å². The zero-order valence-electron chi connectivity index (χ0n) is 11.2. The molecule has 0 amide bonds. The van der Waals surface area contributed by atoms with Gasteiger partial charge in [-0.2, -0.15) is 0 Å². The fourth-order valence-electron chi connectivity index (χ4n) is 1.61. The summed E-state index contributed by atoms with van der Waals surface area (Å²) in [6.45, 7) is 4.03. The number of benzene rings is 1. The minimum Gasteiger partial charge on any atom is -0.490 e. The van der Waals surface area contributed by atoms with E-state index in [1.54, 1.807) is 0 Å². The summed E-state index contributed by atoms with van der Waals surface area (Å²) in [7, 11) is 1.92. The second kappa shape index (κ2) is 8.43. The maximum absolute atomic E-state index is 5.68. The molecule has 0 radical (unpaired) electrons. The number of rotatable bonds is 8. The number of hydrogen-bond acceptors (Lipinski definition) is 3. The van der Waals surface area contributed by atoms with Gasteiger partial charge in [-0.1, -0.05) is 6.07 Å². The van der Waals surface area contributed by atoms with Gasteiger partial charge in [0.05, 0.1) is 13.2 Å². The maximum atomic E-state index is 5.68. The number of nitrogens with one attached hydrogen (secondary N) is 1. The van der Waals surface area contributed by atoms with Gasteiger partial charge in [-0.15, -0.1) is 12.3 Å². The summed E-state index contributed by atoms with van der Waals surface area (Å²) in [5, 5.41) is 3.11. The summed E-state index contributed by atoms with van der Waals surface area (Å²) in [4.78, 5) is 0. The molecule has 3 nitrogen and oxygen atoms in total. The van der Waals surface area contributed by atoms with Crippen LogP contribution in [-0.2, 0) is 6.54 Å². The first-order valence-electron chi connectivity index (χ1n) is 6.28. The van der Waals surface area contributed by atoms with Gasteiger partial charge >= 0.3 is 0 Å². The topological polar surface area (TPSA) is 30.5 Å². The molecule has 18 heavy (non-hydrogen) atoms. The van der Waals surface area contributed by atoms with E-state index >= 15 is 0 Å². The van der Waals surface area contributed by atoms with Gasteiger partial charge in [-0.05, 0) is 38.1 Å². The summed E-state index contributed by atoms with van der Waals surface area (Å²) in [5.74, 6) is 4.18. The average molecular weight is 247 g/mol. The van der Waals surface area contributed by atoms with E-state index in [0.717, 1.165) is 30.9 Å². The van der Waals surface area contributed by atoms with Gasteiger partial charge in [0.25, 0.3) is 0 Å². The Kier molecular flexibility index (Phi) is 6.75. The molecule has 0 aliphatic rings. The molecule has 0 unspecified atom stereocenters. The van der Waals surface area contributed by atoms with Crippen LogP contribution in [0.3, 0.4) is 0 Å². The fourth-order valence-corrected chi connectivity index (χ4v) is 1.61. The monoisotopic (exact) mass is 247 g/mol. The highest BCUT2D eigenvalue weighted by Crippen LogP contribution is 2.28. The molecule has 0 heterocycles. The minimum atomic E-state index is 0.621. The molecular weight excluding hydrogens is 226 g/mol. The maximum Gasteiger partial charge on any atom is 0.161 e. The van der Waals surface area contributed by atoms with Crippen molar-refractivity contribution in [3.63, 3.8) is 0 Å². The van der Waals surface area contributed by atoms with Crippen LogP contribution in [0.5, 0.6) is 11.5 Å². The lowest BCUT2D eigenvalue weighted by Gasteiger charge is -2.13. The predicted molar refractivity (Wildman–Crippen MR) is 73.9 cm³/mol. The zero-order valence-corrected chi connectivity index (χ0v) is 11.2. The lowest BCUT2D eigenvalue weighted by Crippen LogP contribution is -2.06. The molecule has 0 bridgehead atoms. The van der Waals surface area contributed by atoms with Crippen LogP contribution in [0.4, 0.5) is 0 Å². The molecule has 3 heteroatoms. The largest absolute Gasteiger partial charge is 0.490 e. The lowest BCUT2D eigenvalue weighted by atomic mass is 10.2. The molecule has 0 spiro atoms. The predicted octanol–water partition coefficient (Wildman–Crippen LogP) is 2.60. The molecule has 1 rings (SSSR count). The van der Waals surface area contributed by atoms with Crippen molar-refractivity contribution in [1.29, 1.82) is 0 Å². The van der Waals surface area contributed by atoms with Gasteiger partial charge in [0.15, 0.2) is 11.5 Å². The summed E-state index contributed by atoms with van der Waals surface area (Å²) >= 11 is 0. The first-order valence-corrected chi connectivity index (χ1v) is 6.28. The lowest BCUT2D eigenvalue weighted by molar-refractivity contribution is 0.274. The van der Waals surface area contributed by atoms with E-state index in [2.05, 4.69) is 11.2 Å². The third-order valence-electron chi connectivity index (χ3n) is 2.41. The number of terminal acetylenes is 1. The van der Waals surface area contributed by atoms with Crippen molar-refractivity contribution in [3.05, 3.63) is 23.8 Å². The van der Waals surface area contributed by atoms with E-state index in [0.29, 0.717) is 13.2 Å². The molecule has 1 N–H and O–H groups in total. The second-order valence-electron chi connectivity index (χ2n) is 3.90. The Hall–Kier alpha value is -1.66. The van der Waals surface area contributed by atoms with Gasteiger partial charge in [0.1, 0.15) is 0 Å². The van der Waals surface area contributed by atoms with Crippen LogP contribution in [0.2, 0.25) is 0 Å². The van der Waals surface area contributed by atoms with Crippen molar-refractivity contribution in [2.45, 2.75) is 26.3 Å². The SMILES string of the molecule is C#CCCCOc1ccc(CNC)cc1OCC. The van der Waals surface area contributed by atoms with Crippen molar-refractivity contribution in [3.8, 4) is 23.8 Å². The Morgan fingerprint density at radius 2 is 2.11 bits per heavy atom. The third kappa shape index (κ3) is 4.68. The molecule has 98 valence electrons. The van der Waals surface area contributed by atoms with Crippen LogP contribution in [-0.4, -0.2) is 20.3 Å². The molecule has 0 saturated heterocycles. The zero-order chi connectivity index (χ0) is 13.2. The molecule has 1 aromatic carbocycles. The second-order valence-corrected chi connectivity index (χ2v) is 3.90. The molecule has 0 fully saturated rings. The summed E-state index contributed by atoms with van der Waals surface area (Å²) in [6, 6.07) is 6.00. The number of unbranched alkanes of at least 4 members (excludes halogenated alkanes) is 1. The van der Waals surface area contributed by atoms with E-state index in [-0.39, 0.29) is 0 Å². The van der Waals surface area contributed by atoms with E-state index < -0.39 is 0 Å². The van der Waals surface area contributed by atoms with Crippen molar-refractivity contribution < 1.29 is 9.47 Å². The molecule has 0 aromatic heterocycles. The molecule has 0 atom stereocenters. The molecule has 0 saturated carbocycles. The van der Waals surface area contributed by atoms with Crippen molar-refractivity contribution in [1.82, 2.24) is 5.32 Å². The van der Waals surface area contributed by atoms with Crippen molar-refractivity contribution in [2.75, 3.05) is 20.3 Å². The van der Waals surface area contributed by atoms with E-state index in [1.807, 2.05) is 32.2 Å². The molecule has 0 aliphatic heterocycles.